The van der Waals surface area contributed by atoms with Crippen molar-refractivity contribution in [3.63, 3.8) is 0 Å². The lowest BCUT2D eigenvalue weighted by molar-refractivity contribution is -0.230. The van der Waals surface area contributed by atoms with Crippen molar-refractivity contribution in [2.45, 2.75) is 19.0 Å². The van der Waals surface area contributed by atoms with Gasteiger partial charge in [0.05, 0.1) is 6.04 Å². The molecule has 2 N–H and O–H groups in total. The van der Waals surface area contributed by atoms with Crippen molar-refractivity contribution >= 4 is 11.9 Å². The molecule has 1 aromatic carbocycles. The number of amides is 1. The quantitative estimate of drug-likeness (QED) is 0.465. The van der Waals surface area contributed by atoms with Crippen molar-refractivity contribution in [2.75, 3.05) is 6.61 Å². The first-order chi connectivity index (χ1) is 8.59. The zero-order chi connectivity index (χ0) is 13.1. The van der Waals surface area contributed by atoms with Crippen LogP contribution >= 0.6 is 0 Å². The van der Waals surface area contributed by atoms with Gasteiger partial charge in [0.15, 0.2) is 6.61 Å². The second-order valence-electron chi connectivity index (χ2n) is 3.99. The molecule has 0 saturated carbocycles. The van der Waals surface area contributed by atoms with Gasteiger partial charge >= 0.3 is 5.97 Å². The number of esters is 1. The van der Waals surface area contributed by atoms with Crippen LogP contribution in [0.25, 0.3) is 0 Å². The lowest BCUT2D eigenvalue weighted by atomic mass is 10.0. The third kappa shape index (κ3) is 2.49. The lowest BCUT2D eigenvalue weighted by Crippen LogP contribution is -2.67. The molecular formula is C12H14N2O4. The fraction of sp³-hybridized carbons (Fsp3) is 0.333. The van der Waals surface area contributed by atoms with Crippen LogP contribution in [-0.4, -0.2) is 35.6 Å². The summed E-state index contributed by atoms with van der Waals surface area (Å²) in [5, 5.41) is 1.09. The number of benzene rings is 1. The second-order valence-corrected chi connectivity index (χ2v) is 3.99. The van der Waals surface area contributed by atoms with Gasteiger partial charge in [-0.1, -0.05) is 18.2 Å². The van der Waals surface area contributed by atoms with Crippen molar-refractivity contribution in [2.24, 2.45) is 5.73 Å². The highest BCUT2D eigenvalue weighted by atomic mass is 16.7. The van der Waals surface area contributed by atoms with Gasteiger partial charge in [0.2, 0.25) is 0 Å². The molecule has 0 radical (unpaired) electrons. The molecule has 96 valence electrons. The molecule has 1 aromatic rings. The Morgan fingerprint density at radius 3 is 2.67 bits per heavy atom. The van der Waals surface area contributed by atoms with Crippen molar-refractivity contribution in [1.29, 1.82) is 0 Å². The van der Waals surface area contributed by atoms with Crippen LogP contribution in [0, 0.1) is 0 Å². The molecule has 2 atom stereocenters. The van der Waals surface area contributed by atoms with Crippen molar-refractivity contribution in [1.82, 2.24) is 5.06 Å². The number of β-lactam (4-membered cyclic amide) rings is 1. The first-order valence-corrected chi connectivity index (χ1v) is 5.57. The third-order valence-electron chi connectivity index (χ3n) is 2.69. The van der Waals surface area contributed by atoms with Gasteiger partial charge in [-0.3, -0.25) is 9.63 Å². The summed E-state index contributed by atoms with van der Waals surface area (Å²) in [6, 6.07) is 7.87. The fourth-order valence-corrected chi connectivity index (χ4v) is 1.57. The third-order valence-corrected chi connectivity index (χ3v) is 2.69. The smallest absolute Gasteiger partial charge is 0.340 e. The number of carbonyl (C=O) groups excluding carboxylic acids is 2. The first kappa shape index (κ1) is 12.5. The maximum atomic E-state index is 11.4. The van der Waals surface area contributed by atoms with E-state index >= 15 is 0 Å². The van der Waals surface area contributed by atoms with E-state index < -0.39 is 12.0 Å². The molecule has 1 amide bonds. The van der Waals surface area contributed by atoms with Crippen LogP contribution in [0.15, 0.2) is 30.3 Å². The van der Waals surface area contributed by atoms with Crippen LogP contribution in [0.2, 0.25) is 0 Å². The summed E-state index contributed by atoms with van der Waals surface area (Å²) in [5.41, 5.74) is 5.50. The van der Waals surface area contributed by atoms with E-state index in [4.69, 9.17) is 15.3 Å². The van der Waals surface area contributed by atoms with E-state index in [2.05, 4.69) is 0 Å². The Kier molecular flexibility index (Phi) is 3.59. The number of carbonyl (C=O) groups is 2. The number of hydroxylamine groups is 2. The standard InChI is InChI=1S/C12H14N2O4/c1-8-11(13)12(16)14(8)17-7-10(15)18-9-5-3-2-4-6-9/h2-6,8,11H,7,13H2,1H3. The van der Waals surface area contributed by atoms with Crippen molar-refractivity contribution in [3.05, 3.63) is 30.3 Å². The number of nitrogens with zero attached hydrogens (tertiary/aromatic N) is 1. The minimum absolute atomic E-state index is 0.220. The van der Waals surface area contributed by atoms with Crippen LogP contribution in [0.1, 0.15) is 6.92 Å². The number of nitrogens with two attached hydrogens (primary N) is 1. The Labute approximate surface area is 104 Å². The van der Waals surface area contributed by atoms with Gasteiger partial charge in [0.1, 0.15) is 11.8 Å². The highest BCUT2D eigenvalue weighted by molar-refractivity contribution is 5.88. The predicted octanol–water partition coefficient (Wildman–Crippen LogP) is 0.0816. The molecule has 18 heavy (non-hydrogen) atoms. The number of ether oxygens (including phenoxy) is 1. The molecule has 1 heterocycles. The van der Waals surface area contributed by atoms with E-state index in [1.807, 2.05) is 6.07 Å². The molecule has 1 aliphatic heterocycles. The topological polar surface area (TPSA) is 81.9 Å². The summed E-state index contributed by atoms with van der Waals surface area (Å²) in [6.07, 6.45) is 0. The van der Waals surface area contributed by atoms with E-state index in [0.717, 1.165) is 5.06 Å². The van der Waals surface area contributed by atoms with Crippen LogP contribution < -0.4 is 10.5 Å². The Morgan fingerprint density at radius 2 is 2.06 bits per heavy atom. The van der Waals surface area contributed by atoms with Gasteiger partial charge in [-0.15, -0.1) is 0 Å². The van der Waals surface area contributed by atoms with Crippen LogP contribution in [0.3, 0.4) is 0 Å². The molecule has 0 aromatic heterocycles. The largest absolute Gasteiger partial charge is 0.425 e. The maximum Gasteiger partial charge on any atom is 0.340 e. The van der Waals surface area contributed by atoms with Gasteiger partial charge in [-0.05, 0) is 19.1 Å². The molecule has 2 unspecified atom stereocenters. The molecular weight excluding hydrogens is 236 g/mol. The lowest BCUT2D eigenvalue weighted by Gasteiger charge is -2.41. The van der Waals surface area contributed by atoms with E-state index in [1.165, 1.54) is 0 Å². The molecule has 1 aliphatic rings. The molecule has 2 rings (SSSR count). The van der Waals surface area contributed by atoms with E-state index in [0.29, 0.717) is 5.75 Å². The number of hydrogen-bond donors (Lipinski definition) is 1. The van der Waals surface area contributed by atoms with Gasteiger partial charge < -0.3 is 10.5 Å². The fourth-order valence-electron chi connectivity index (χ4n) is 1.57. The van der Waals surface area contributed by atoms with Crippen molar-refractivity contribution < 1.29 is 19.2 Å². The Morgan fingerprint density at radius 1 is 1.39 bits per heavy atom. The van der Waals surface area contributed by atoms with Gasteiger partial charge in [-0.2, -0.15) is 0 Å². The summed E-state index contributed by atoms with van der Waals surface area (Å²) in [4.78, 5) is 27.7. The summed E-state index contributed by atoms with van der Waals surface area (Å²) in [7, 11) is 0. The summed E-state index contributed by atoms with van der Waals surface area (Å²) in [6.45, 7) is 1.42. The molecule has 6 heteroatoms. The molecule has 0 aliphatic carbocycles. The molecule has 1 fully saturated rings. The number of rotatable bonds is 4. The molecule has 6 nitrogen and oxygen atoms in total. The zero-order valence-electron chi connectivity index (χ0n) is 9.91. The van der Waals surface area contributed by atoms with E-state index in [9.17, 15) is 9.59 Å². The summed E-state index contributed by atoms with van der Waals surface area (Å²) in [5.74, 6) is -0.456. The summed E-state index contributed by atoms with van der Waals surface area (Å²) >= 11 is 0. The van der Waals surface area contributed by atoms with Crippen molar-refractivity contribution in [3.8, 4) is 5.75 Å². The zero-order valence-corrected chi connectivity index (χ0v) is 9.91. The Hall–Kier alpha value is -1.92. The van der Waals surface area contributed by atoms with E-state index in [-0.39, 0.29) is 18.6 Å². The highest BCUT2D eigenvalue weighted by Gasteiger charge is 2.43. The molecule has 0 bridgehead atoms. The summed E-state index contributed by atoms with van der Waals surface area (Å²) < 4.78 is 5.00. The monoisotopic (exact) mass is 250 g/mol. The maximum absolute atomic E-state index is 11.4. The van der Waals surface area contributed by atoms with Gasteiger partial charge in [0.25, 0.3) is 5.91 Å². The number of para-hydroxylation sites is 1. The minimum Gasteiger partial charge on any atom is -0.425 e. The van der Waals surface area contributed by atoms with Gasteiger partial charge in [-0.25, -0.2) is 9.86 Å². The Bertz CT molecular complexity index is 449. The second kappa shape index (κ2) is 5.16. The number of hydrogen-bond acceptors (Lipinski definition) is 5. The Balaban J connectivity index is 1.78. The van der Waals surface area contributed by atoms with Crippen LogP contribution in [0.4, 0.5) is 0 Å². The molecule has 1 saturated heterocycles. The van der Waals surface area contributed by atoms with Gasteiger partial charge in [0, 0.05) is 0 Å². The van der Waals surface area contributed by atoms with E-state index in [1.54, 1.807) is 31.2 Å². The first-order valence-electron chi connectivity index (χ1n) is 5.57. The molecule has 0 spiro atoms. The minimum atomic E-state index is -0.568. The van der Waals surface area contributed by atoms with Crippen LogP contribution in [-0.2, 0) is 14.4 Å². The highest BCUT2D eigenvalue weighted by Crippen LogP contribution is 2.17. The predicted molar refractivity (Wildman–Crippen MR) is 62.3 cm³/mol. The normalized spacial score (nSPS) is 22.6. The average Bonchev–Trinajstić information content (AvgIpc) is 2.39. The van der Waals surface area contributed by atoms with Crippen LogP contribution in [0.5, 0.6) is 5.75 Å². The average molecular weight is 250 g/mol. The SMILES string of the molecule is CC1C(N)C(=O)N1OCC(=O)Oc1ccccc1.